The number of rotatable bonds is 5. The fourth-order valence-electron chi connectivity index (χ4n) is 5.15. The van der Waals surface area contributed by atoms with Gasteiger partial charge in [-0.05, 0) is 44.1 Å². The highest BCUT2D eigenvalue weighted by molar-refractivity contribution is 7.88. The van der Waals surface area contributed by atoms with Crippen LogP contribution >= 0.6 is 0 Å². The standard InChI is InChI=1S/C20H28N6O3S/c1-24(2)18(27)16-8-14-12-21-19(22-15-4-6-25(7-5-15)30(3,28)29)23-17(14)26(16)20-9-13(10-20)11-20/h8,12-13,15H,4-7,9-11H2,1-3H3,(H,21,22,23). The molecule has 10 heteroatoms. The Hall–Kier alpha value is -2.20. The minimum Gasteiger partial charge on any atom is -0.351 e. The molecule has 3 aliphatic carbocycles. The van der Waals surface area contributed by atoms with Crippen molar-refractivity contribution >= 4 is 32.9 Å². The van der Waals surface area contributed by atoms with E-state index in [1.54, 1.807) is 25.2 Å². The molecule has 30 heavy (non-hydrogen) atoms. The Labute approximate surface area is 176 Å². The summed E-state index contributed by atoms with van der Waals surface area (Å²) in [6.07, 6.45) is 7.80. The maximum Gasteiger partial charge on any atom is 0.270 e. The molecule has 3 saturated carbocycles. The second-order valence-electron chi connectivity index (χ2n) is 9.32. The number of piperidine rings is 1. The van der Waals surface area contributed by atoms with E-state index in [1.807, 2.05) is 6.07 Å². The zero-order valence-electron chi connectivity index (χ0n) is 17.6. The Morgan fingerprint density at radius 1 is 1.23 bits per heavy atom. The van der Waals surface area contributed by atoms with Gasteiger partial charge in [0.1, 0.15) is 11.3 Å². The molecular weight excluding hydrogens is 404 g/mol. The van der Waals surface area contributed by atoms with E-state index in [2.05, 4.69) is 14.9 Å². The van der Waals surface area contributed by atoms with E-state index in [0.29, 0.717) is 37.6 Å². The molecular formula is C20H28N6O3S. The van der Waals surface area contributed by atoms with Gasteiger partial charge >= 0.3 is 0 Å². The van der Waals surface area contributed by atoms with Gasteiger partial charge in [-0.3, -0.25) is 4.79 Å². The lowest BCUT2D eigenvalue weighted by molar-refractivity contribution is -0.0870. The maximum atomic E-state index is 12.8. The summed E-state index contributed by atoms with van der Waals surface area (Å²) in [6, 6.07) is 2.04. The number of hydrogen-bond donors (Lipinski definition) is 1. The number of carbonyl (C=O) groups is 1. The first-order chi connectivity index (χ1) is 14.2. The Kier molecular flexibility index (Phi) is 4.38. The van der Waals surface area contributed by atoms with Crippen LogP contribution in [0.4, 0.5) is 5.95 Å². The van der Waals surface area contributed by atoms with Gasteiger partial charge in [-0.2, -0.15) is 4.98 Å². The second-order valence-corrected chi connectivity index (χ2v) is 11.3. The van der Waals surface area contributed by atoms with Crippen LogP contribution in [-0.2, 0) is 15.6 Å². The molecule has 4 fully saturated rings. The first-order valence-electron chi connectivity index (χ1n) is 10.5. The molecule has 1 saturated heterocycles. The highest BCUT2D eigenvalue weighted by atomic mass is 32.2. The molecule has 2 aromatic heterocycles. The van der Waals surface area contributed by atoms with E-state index < -0.39 is 10.0 Å². The van der Waals surface area contributed by atoms with Gasteiger partial charge in [0, 0.05) is 50.3 Å². The summed E-state index contributed by atoms with van der Waals surface area (Å²) >= 11 is 0. The van der Waals surface area contributed by atoms with Gasteiger partial charge < -0.3 is 14.8 Å². The Balaban J connectivity index is 1.43. The number of carbonyl (C=O) groups excluding carboxylic acids is 1. The van der Waals surface area contributed by atoms with Crippen LogP contribution in [0.3, 0.4) is 0 Å². The first-order valence-corrected chi connectivity index (χ1v) is 12.3. The molecule has 2 bridgehead atoms. The van der Waals surface area contributed by atoms with Crippen LogP contribution in [0.2, 0.25) is 0 Å². The number of hydrogen-bond acceptors (Lipinski definition) is 6. The minimum absolute atomic E-state index is 0.0135. The summed E-state index contributed by atoms with van der Waals surface area (Å²) in [4.78, 5) is 23.7. The van der Waals surface area contributed by atoms with Crippen LogP contribution in [0.5, 0.6) is 0 Å². The van der Waals surface area contributed by atoms with Crippen LogP contribution in [0.15, 0.2) is 12.3 Å². The molecule has 162 valence electrons. The summed E-state index contributed by atoms with van der Waals surface area (Å²) < 4.78 is 27.1. The van der Waals surface area contributed by atoms with Crippen molar-refractivity contribution in [2.75, 3.05) is 38.8 Å². The van der Waals surface area contributed by atoms with E-state index in [9.17, 15) is 13.2 Å². The van der Waals surface area contributed by atoms with Crippen molar-refractivity contribution in [3.05, 3.63) is 18.0 Å². The maximum absolute atomic E-state index is 12.8. The summed E-state index contributed by atoms with van der Waals surface area (Å²) in [6.45, 7) is 1.00. The highest BCUT2D eigenvalue weighted by Crippen LogP contribution is 2.63. The van der Waals surface area contributed by atoms with Gasteiger partial charge in [0.15, 0.2) is 0 Å². The third-order valence-electron chi connectivity index (χ3n) is 6.90. The van der Waals surface area contributed by atoms with Gasteiger partial charge in [-0.1, -0.05) is 0 Å². The van der Waals surface area contributed by atoms with Crippen molar-refractivity contribution in [3.63, 3.8) is 0 Å². The topological polar surface area (TPSA) is 100 Å². The Morgan fingerprint density at radius 3 is 2.43 bits per heavy atom. The molecule has 3 heterocycles. The molecule has 0 aromatic carbocycles. The number of sulfonamides is 1. The summed E-state index contributed by atoms with van der Waals surface area (Å²) in [5.41, 5.74) is 1.52. The number of fused-ring (bicyclic) bond motifs is 1. The predicted molar refractivity (Wildman–Crippen MR) is 114 cm³/mol. The van der Waals surface area contributed by atoms with E-state index in [4.69, 9.17) is 4.98 Å². The van der Waals surface area contributed by atoms with Crippen LogP contribution in [-0.4, -0.2) is 77.5 Å². The molecule has 6 rings (SSSR count). The molecule has 1 N–H and O–H groups in total. The molecule has 0 radical (unpaired) electrons. The zero-order valence-corrected chi connectivity index (χ0v) is 18.4. The second kappa shape index (κ2) is 6.65. The van der Waals surface area contributed by atoms with Crippen LogP contribution in [0.25, 0.3) is 11.0 Å². The van der Waals surface area contributed by atoms with Gasteiger partial charge in [0.05, 0.1) is 6.26 Å². The predicted octanol–water partition coefficient (Wildman–Crippen LogP) is 1.48. The van der Waals surface area contributed by atoms with E-state index >= 15 is 0 Å². The molecule has 0 unspecified atom stereocenters. The highest BCUT2D eigenvalue weighted by Gasteiger charge is 2.59. The van der Waals surface area contributed by atoms with Gasteiger partial charge in [-0.15, -0.1) is 0 Å². The van der Waals surface area contributed by atoms with Crippen LogP contribution in [0, 0.1) is 5.92 Å². The molecule has 1 aliphatic heterocycles. The first kappa shape index (κ1) is 19.7. The lowest BCUT2D eigenvalue weighted by atomic mass is 9.49. The largest absolute Gasteiger partial charge is 0.351 e. The van der Waals surface area contributed by atoms with E-state index in [-0.39, 0.29) is 17.5 Å². The normalized spacial score (nSPS) is 26.8. The van der Waals surface area contributed by atoms with Crippen molar-refractivity contribution in [1.29, 1.82) is 0 Å². The minimum atomic E-state index is -3.14. The van der Waals surface area contributed by atoms with Crippen molar-refractivity contribution < 1.29 is 13.2 Å². The number of amides is 1. The fraction of sp³-hybridized carbons (Fsp3) is 0.650. The Morgan fingerprint density at radius 2 is 1.90 bits per heavy atom. The number of aromatic nitrogens is 3. The summed E-state index contributed by atoms with van der Waals surface area (Å²) in [7, 11) is 0.401. The van der Waals surface area contributed by atoms with Gasteiger partial charge in [-0.25, -0.2) is 17.7 Å². The lowest BCUT2D eigenvalue weighted by Gasteiger charge is -2.62. The van der Waals surface area contributed by atoms with Crippen molar-refractivity contribution in [2.45, 2.75) is 43.7 Å². The molecule has 0 spiro atoms. The zero-order chi connectivity index (χ0) is 21.3. The Bertz CT molecular complexity index is 1100. The van der Waals surface area contributed by atoms with E-state index in [0.717, 1.165) is 36.2 Å². The summed E-state index contributed by atoms with van der Waals surface area (Å²) in [5, 5.41) is 4.26. The third-order valence-corrected chi connectivity index (χ3v) is 8.21. The molecule has 1 amide bonds. The molecule has 0 atom stereocenters. The van der Waals surface area contributed by atoms with Crippen LogP contribution in [0.1, 0.15) is 42.6 Å². The lowest BCUT2D eigenvalue weighted by Crippen LogP contribution is -2.60. The van der Waals surface area contributed by atoms with Crippen LogP contribution < -0.4 is 5.32 Å². The third kappa shape index (κ3) is 3.08. The average Bonchev–Trinajstić information content (AvgIpc) is 2.97. The number of nitrogens with zero attached hydrogens (tertiary/aromatic N) is 5. The van der Waals surface area contributed by atoms with Gasteiger partial charge in [0.2, 0.25) is 16.0 Å². The number of nitrogens with one attached hydrogen (secondary N) is 1. The fourth-order valence-corrected chi connectivity index (χ4v) is 6.02. The SMILES string of the molecule is CN(C)C(=O)c1cc2cnc(NC3CCN(S(C)(=O)=O)CC3)nc2n1C12CC(C1)C2. The van der Waals surface area contributed by atoms with Crippen molar-refractivity contribution in [2.24, 2.45) is 5.92 Å². The molecule has 4 aliphatic rings. The molecule has 2 aromatic rings. The van der Waals surface area contributed by atoms with Crippen molar-refractivity contribution in [1.82, 2.24) is 23.7 Å². The summed E-state index contributed by atoms with van der Waals surface area (Å²) in [5.74, 6) is 1.31. The molecule has 9 nitrogen and oxygen atoms in total. The van der Waals surface area contributed by atoms with Gasteiger partial charge in [0.25, 0.3) is 5.91 Å². The quantitative estimate of drug-likeness (QED) is 0.768. The smallest absolute Gasteiger partial charge is 0.270 e. The van der Waals surface area contributed by atoms with Crippen molar-refractivity contribution in [3.8, 4) is 0 Å². The number of anilines is 1. The monoisotopic (exact) mass is 432 g/mol. The van der Waals surface area contributed by atoms with E-state index in [1.165, 1.54) is 10.6 Å². The average molecular weight is 433 g/mol.